The van der Waals surface area contributed by atoms with Gasteiger partial charge in [0.15, 0.2) is 5.82 Å². The first-order valence-corrected chi connectivity index (χ1v) is 10.3. The van der Waals surface area contributed by atoms with E-state index in [0.717, 1.165) is 30.2 Å². The molecule has 3 atom stereocenters. The van der Waals surface area contributed by atoms with E-state index in [-0.39, 0.29) is 17.0 Å². The fourth-order valence-electron chi connectivity index (χ4n) is 6.32. The highest BCUT2D eigenvalue weighted by Gasteiger charge is 2.79. The number of hydrogen-bond donors (Lipinski definition) is 0. The van der Waals surface area contributed by atoms with Crippen molar-refractivity contribution in [2.24, 2.45) is 5.41 Å². The summed E-state index contributed by atoms with van der Waals surface area (Å²) in [6.07, 6.45) is 7.52. The van der Waals surface area contributed by atoms with Gasteiger partial charge in [0.1, 0.15) is 24.0 Å². The smallest absolute Gasteiger partial charge is 0.163 e. The number of fused-ring (bicyclic) bond motifs is 8. The summed E-state index contributed by atoms with van der Waals surface area (Å²) in [7, 11) is 0. The Hall–Kier alpha value is -3.21. The molecule has 3 unspecified atom stereocenters. The molecule has 144 valence electrons. The molecular formula is C24H23N5. The Morgan fingerprint density at radius 3 is 2.55 bits per heavy atom. The van der Waals surface area contributed by atoms with Crippen molar-refractivity contribution < 1.29 is 0 Å². The maximum atomic E-state index is 4.71. The summed E-state index contributed by atoms with van der Waals surface area (Å²) in [5.74, 6) is 1.83. The molecule has 0 bridgehead atoms. The molecule has 1 saturated carbocycles. The molecule has 1 aromatic carbocycles. The largest absolute Gasteiger partial charge is 0.314 e. The van der Waals surface area contributed by atoms with Crippen molar-refractivity contribution in [1.29, 1.82) is 0 Å². The molecule has 0 N–H and O–H groups in total. The van der Waals surface area contributed by atoms with Gasteiger partial charge in [-0.1, -0.05) is 50.3 Å². The van der Waals surface area contributed by atoms with E-state index < -0.39 is 0 Å². The summed E-state index contributed by atoms with van der Waals surface area (Å²) in [5, 5.41) is 0. The maximum Gasteiger partial charge on any atom is 0.163 e. The third kappa shape index (κ3) is 1.67. The first-order chi connectivity index (χ1) is 14.2. The Kier molecular flexibility index (Phi) is 3.14. The number of nitrogens with zero attached hydrogens (tertiary/aromatic N) is 5. The minimum Gasteiger partial charge on any atom is -0.314 e. The van der Waals surface area contributed by atoms with E-state index in [0.29, 0.717) is 0 Å². The fraction of sp³-hybridized carbons (Fsp3) is 0.292. The van der Waals surface area contributed by atoms with Gasteiger partial charge < -0.3 is 4.90 Å². The highest BCUT2D eigenvalue weighted by atomic mass is 15.5. The topological polar surface area (TPSA) is 45.2 Å². The van der Waals surface area contributed by atoms with Crippen LogP contribution in [0.1, 0.15) is 32.3 Å². The molecule has 5 nitrogen and oxygen atoms in total. The highest BCUT2D eigenvalue weighted by molar-refractivity contribution is 5.91. The number of anilines is 4. The molecule has 0 spiro atoms. The second-order valence-electron chi connectivity index (χ2n) is 8.11. The predicted molar refractivity (Wildman–Crippen MR) is 115 cm³/mol. The van der Waals surface area contributed by atoms with Crippen LogP contribution < -0.4 is 9.80 Å². The van der Waals surface area contributed by atoms with Gasteiger partial charge in [-0.05, 0) is 36.6 Å². The van der Waals surface area contributed by atoms with Crippen LogP contribution in [0.3, 0.4) is 0 Å². The van der Waals surface area contributed by atoms with Crippen LogP contribution in [-0.4, -0.2) is 21.1 Å². The summed E-state index contributed by atoms with van der Waals surface area (Å²) in [4.78, 5) is 18.5. The van der Waals surface area contributed by atoms with Crippen LogP contribution in [0.5, 0.6) is 0 Å². The minimum atomic E-state index is -0.0612. The molecule has 0 radical (unpaired) electrons. The van der Waals surface area contributed by atoms with E-state index in [9.17, 15) is 0 Å². The molecule has 4 heterocycles. The van der Waals surface area contributed by atoms with Crippen molar-refractivity contribution in [2.45, 2.75) is 38.3 Å². The van der Waals surface area contributed by atoms with Crippen LogP contribution in [0.25, 0.3) is 0 Å². The van der Waals surface area contributed by atoms with Crippen LogP contribution in [0.15, 0.2) is 73.3 Å². The summed E-state index contributed by atoms with van der Waals surface area (Å²) >= 11 is 0. The predicted octanol–water partition coefficient (Wildman–Crippen LogP) is 5.12. The average molecular weight is 381 g/mol. The SMILES string of the molecule is C=C1C2(CC)c3ccccc3N3c4cncnc4N(c4ccccn4)C3C12CC. The minimum absolute atomic E-state index is 0.0119. The molecule has 3 aromatic rings. The average Bonchev–Trinajstić information content (AvgIpc) is 3.16. The fourth-order valence-corrected chi connectivity index (χ4v) is 6.32. The van der Waals surface area contributed by atoms with E-state index in [1.54, 1.807) is 6.33 Å². The lowest BCUT2D eigenvalue weighted by atomic mass is 9.76. The zero-order valence-electron chi connectivity index (χ0n) is 16.7. The monoisotopic (exact) mass is 381 g/mol. The summed E-state index contributed by atoms with van der Waals surface area (Å²) in [6.45, 7) is 9.22. The van der Waals surface area contributed by atoms with Crippen LogP contribution in [-0.2, 0) is 5.41 Å². The third-order valence-corrected chi connectivity index (χ3v) is 7.45. The van der Waals surface area contributed by atoms with Crippen molar-refractivity contribution in [2.75, 3.05) is 9.80 Å². The van der Waals surface area contributed by atoms with Gasteiger partial charge in [-0.2, -0.15) is 0 Å². The normalized spacial score (nSPS) is 28.5. The van der Waals surface area contributed by atoms with Gasteiger partial charge in [0.25, 0.3) is 0 Å². The van der Waals surface area contributed by atoms with Gasteiger partial charge in [0, 0.05) is 22.7 Å². The lowest BCUT2D eigenvalue weighted by molar-refractivity contribution is 0.315. The molecule has 29 heavy (non-hydrogen) atoms. The van der Waals surface area contributed by atoms with E-state index in [4.69, 9.17) is 9.97 Å². The Bertz CT molecular complexity index is 1140. The molecule has 0 amide bonds. The second kappa shape index (κ2) is 5.44. The molecule has 5 heteroatoms. The number of para-hydroxylation sites is 1. The number of hydrogen-bond acceptors (Lipinski definition) is 5. The number of benzene rings is 1. The van der Waals surface area contributed by atoms with Crippen molar-refractivity contribution >= 4 is 23.0 Å². The van der Waals surface area contributed by atoms with Crippen molar-refractivity contribution in [3.8, 4) is 0 Å². The van der Waals surface area contributed by atoms with E-state index in [1.807, 2.05) is 24.5 Å². The summed E-state index contributed by atoms with van der Waals surface area (Å²) < 4.78 is 0. The molecule has 2 aromatic heterocycles. The van der Waals surface area contributed by atoms with Gasteiger partial charge in [-0.15, -0.1) is 0 Å². The van der Waals surface area contributed by atoms with Crippen molar-refractivity contribution in [1.82, 2.24) is 15.0 Å². The standard InChI is InChI=1S/C24H23N5/c1-4-23-16(3)24(23,5-2)22-28(18-11-7-6-10-17(18)23)19-14-25-15-27-21(19)29(22)20-12-8-9-13-26-20/h6-15,22H,3-5H2,1-2H3. The number of pyridine rings is 1. The quantitative estimate of drug-likeness (QED) is 0.590. The van der Waals surface area contributed by atoms with Gasteiger partial charge in [-0.3, -0.25) is 4.90 Å². The molecule has 1 aliphatic carbocycles. The van der Waals surface area contributed by atoms with Gasteiger partial charge >= 0.3 is 0 Å². The van der Waals surface area contributed by atoms with Crippen LogP contribution >= 0.6 is 0 Å². The first-order valence-electron chi connectivity index (χ1n) is 10.3. The summed E-state index contributed by atoms with van der Waals surface area (Å²) in [6, 6.07) is 14.8. The molecule has 3 aliphatic rings. The Morgan fingerprint density at radius 2 is 1.79 bits per heavy atom. The molecule has 0 saturated heterocycles. The van der Waals surface area contributed by atoms with Gasteiger partial charge in [0.2, 0.25) is 0 Å². The Balaban J connectivity index is 1.70. The van der Waals surface area contributed by atoms with Crippen molar-refractivity contribution in [3.63, 3.8) is 0 Å². The lowest BCUT2D eigenvalue weighted by Crippen LogP contribution is -2.51. The maximum absolute atomic E-state index is 4.71. The van der Waals surface area contributed by atoms with Gasteiger partial charge in [-0.25, -0.2) is 15.0 Å². The number of aromatic nitrogens is 3. The second-order valence-corrected chi connectivity index (χ2v) is 8.11. The third-order valence-electron chi connectivity index (χ3n) is 7.45. The van der Waals surface area contributed by atoms with Gasteiger partial charge in [0.05, 0.1) is 6.20 Å². The zero-order chi connectivity index (χ0) is 19.8. The molecular weight excluding hydrogens is 358 g/mol. The highest BCUT2D eigenvalue weighted by Crippen LogP contribution is 2.80. The Labute approximate surface area is 170 Å². The number of rotatable bonds is 3. The van der Waals surface area contributed by atoms with Crippen LogP contribution in [0.4, 0.5) is 23.0 Å². The molecule has 2 aliphatic heterocycles. The molecule has 1 fully saturated rings. The van der Waals surface area contributed by atoms with Crippen molar-refractivity contribution in [3.05, 3.63) is 78.9 Å². The van der Waals surface area contributed by atoms with Crippen LogP contribution in [0, 0.1) is 5.41 Å². The zero-order valence-corrected chi connectivity index (χ0v) is 16.7. The Morgan fingerprint density at radius 1 is 0.966 bits per heavy atom. The van der Waals surface area contributed by atoms with E-state index in [2.05, 4.69) is 65.5 Å². The van der Waals surface area contributed by atoms with E-state index in [1.165, 1.54) is 16.8 Å². The first kappa shape index (κ1) is 16.7. The van der Waals surface area contributed by atoms with Crippen LogP contribution in [0.2, 0.25) is 0 Å². The summed E-state index contributed by atoms with van der Waals surface area (Å²) in [5.41, 5.74) is 4.90. The van der Waals surface area contributed by atoms with E-state index >= 15 is 0 Å². The molecule has 6 rings (SSSR count). The lowest BCUT2D eigenvalue weighted by Gasteiger charge is -2.45.